The van der Waals surface area contributed by atoms with Crippen molar-refractivity contribution >= 4 is 27.9 Å². The average molecular weight is 359 g/mol. The summed E-state index contributed by atoms with van der Waals surface area (Å²) in [5.41, 5.74) is 4.15. The first-order chi connectivity index (χ1) is 10.8. The van der Waals surface area contributed by atoms with Crippen molar-refractivity contribution in [2.45, 2.75) is 12.0 Å². The van der Waals surface area contributed by atoms with Gasteiger partial charge in [0.2, 0.25) is 5.09 Å². The minimum absolute atomic E-state index is 0. The molecule has 0 saturated heterocycles. The van der Waals surface area contributed by atoms with E-state index in [2.05, 4.69) is 15.8 Å². The van der Waals surface area contributed by atoms with Gasteiger partial charge in [-0.25, -0.2) is 13.8 Å². The minimum Gasteiger partial charge on any atom is -0.742 e. The number of anilines is 1. The molecule has 0 atom stereocenters. The molecule has 1 heterocycles. The quantitative estimate of drug-likeness (QED) is 0.268. The molecule has 0 aliphatic carbocycles. The topological polar surface area (TPSA) is 124 Å². The van der Waals surface area contributed by atoms with E-state index in [1.54, 1.807) is 0 Å². The van der Waals surface area contributed by atoms with Crippen LogP contribution in [0.2, 0.25) is 0 Å². The van der Waals surface area contributed by atoms with Crippen molar-refractivity contribution in [3.05, 3.63) is 47.7 Å². The van der Waals surface area contributed by atoms with Crippen LogP contribution in [-0.4, -0.2) is 31.6 Å². The van der Waals surface area contributed by atoms with Gasteiger partial charge in [-0.2, -0.15) is 5.10 Å². The second-order valence-corrected chi connectivity index (χ2v) is 5.93. The molecule has 2 N–H and O–H groups in total. The summed E-state index contributed by atoms with van der Waals surface area (Å²) in [4.78, 5) is 11.6. The number of carbonyl (C=O) groups is 1. The van der Waals surface area contributed by atoms with Crippen LogP contribution >= 0.6 is 0 Å². The monoisotopic (exact) mass is 359 g/mol. The Morgan fingerprint density at radius 3 is 2.50 bits per heavy atom. The predicted molar refractivity (Wildman–Crippen MR) is 82.1 cm³/mol. The van der Waals surface area contributed by atoms with Crippen LogP contribution in [0.5, 0.6) is 0 Å². The number of nitrogens with one attached hydrogen (secondary N) is 2. The molecule has 24 heavy (non-hydrogen) atoms. The largest absolute Gasteiger partial charge is 1.00 e. The molecule has 0 aliphatic heterocycles. The van der Waals surface area contributed by atoms with Crippen molar-refractivity contribution < 1.29 is 51.7 Å². The Balaban J connectivity index is 0.00000288. The molecule has 10 heteroatoms. The van der Waals surface area contributed by atoms with E-state index in [1.165, 1.54) is 6.07 Å². The molecule has 2 aromatic rings. The summed E-state index contributed by atoms with van der Waals surface area (Å²) in [5.74, 6) is -0.365. The number of nitrogens with zero attached hydrogens (tertiary/aromatic N) is 1. The van der Waals surface area contributed by atoms with Gasteiger partial charge in [0.15, 0.2) is 10.1 Å². The first-order valence-corrected chi connectivity index (χ1v) is 7.93. The van der Waals surface area contributed by atoms with Crippen LogP contribution < -0.4 is 40.3 Å². The number of hydrazone groups is 1. The molecule has 1 amide bonds. The van der Waals surface area contributed by atoms with Crippen molar-refractivity contribution in [2.75, 3.05) is 11.9 Å². The summed E-state index contributed by atoms with van der Waals surface area (Å²) in [5, 5.41) is 5.82. The molecule has 122 valence electrons. The van der Waals surface area contributed by atoms with Gasteiger partial charge in [0, 0.05) is 5.69 Å². The first-order valence-electron chi connectivity index (χ1n) is 6.53. The smallest absolute Gasteiger partial charge is 0.742 e. The molecule has 1 aromatic carbocycles. The Hall–Kier alpha value is -1.65. The molecule has 0 saturated carbocycles. The second-order valence-electron chi connectivity index (χ2n) is 4.62. The molecule has 8 nitrogen and oxygen atoms in total. The number of furan rings is 1. The maximum absolute atomic E-state index is 11.6. The average Bonchev–Trinajstić information content (AvgIpc) is 2.96. The van der Waals surface area contributed by atoms with E-state index in [-0.39, 0.29) is 41.9 Å². The number of amides is 1. The number of hydrogen-bond donors (Lipinski definition) is 2. The Morgan fingerprint density at radius 2 is 1.92 bits per heavy atom. The number of carbonyl (C=O) groups excluding carboxylic acids is 1. The predicted octanol–water partition coefficient (Wildman–Crippen LogP) is -1.94. The summed E-state index contributed by atoms with van der Waals surface area (Å²) in [6.07, 6.45) is 1.10. The van der Waals surface area contributed by atoms with Gasteiger partial charge >= 0.3 is 29.6 Å². The summed E-state index contributed by atoms with van der Waals surface area (Å²) in [7, 11) is -4.64. The Kier molecular flexibility index (Phi) is 7.64. The fourth-order valence-corrected chi connectivity index (χ4v) is 2.03. The van der Waals surface area contributed by atoms with Crippen molar-refractivity contribution in [3.63, 3.8) is 0 Å². The van der Waals surface area contributed by atoms with E-state index in [4.69, 9.17) is 4.42 Å². The molecule has 0 aliphatic rings. The van der Waals surface area contributed by atoms with Crippen LogP contribution in [0.15, 0.2) is 51.0 Å². The van der Waals surface area contributed by atoms with E-state index >= 15 is 0 Å². The molecule has 0 spiro atoms. The number of aryl methyl sites for hydroxylation is 1. The van der Waals surface area contributed by atoms with Gasteiger partial charge in [-0.1, -0.05) is 17.7 Å². The zero-order chi connectivity index (χ0) is 16.9. The van der Waals surface area contributed by atoms with E-state index in [0.29, 0.717) is 0 Å². The van der Waals surface area contributed by atoms with Gasteiger partial charge in [0.05, 0.1) is 12.8 Å². The van der Waals surface area contributed by atoms with Crippen molar-refractivity contribution in [3.8, 4) is 0 Å². The Morgan fingerprint density at radius 1 is 1.25 bits per heavy atom. The van der Waals surface area contributed by atoms with Crippen LogP contribution in [0.25, 0.3) is 0 Å². The van der Waals surface area contributed by atoms with Crippen LogP contribution in [-0.2, 0) is 14.9 Å². The summed E-state index contributed by atoms with van der Waals surface area (Å²) < 4.78 is 36.8. The van der Waals surface area contributed by atoms with E-state index in [9.17, 15) is 17.8 Å². The molecule has 0 bridgehead atoms. The minimum atomic E-state index is -4.64. The van der Waals surface area contributed by atoms with Crippen molar-refractivity contribution in [1.82, 2.24) is 5.43 Å². The van der Waals surface area contributed by atoms with Gasteiger partial charge in [-0.3, -0.25) is 4.79 Å². The van der Waals surface area contributed by atoms with Gasteiger partial charge in [0.1, 0.15) is 5.76 Å². The maximum atomic E-state index is 11.6. The summed E-state index contributed by atoms with van der Waals surface area (Å²) in [6.45, 7) is 1.97. The number of hydrogen-bond acceptors (Lipinski definition) is 7. The standard InChI is InChI=1S/C14H15N3O5S.Na/c1-10-2-4-11(5-3-10)15-9-13(18)17-16-8-12-6-7-14(22-12)23(19,20)21;/h2-8,15H,9H2,1H3,(H,17,18)(H,19,20,21);/q;+1/p-1/b16-8+;. The third-order valence-corrected chi connectivity index (χ3v) is 3.45. The molecule has 0 radical (unpaired) electrons. The third kappa shape index (κ3) is 6.46. The van der Waals surface area contributed by atoms with Crippen LogP contribution in [0.4, 0.5) is 5.69 Å². The molecule has 0 unspecified atom stereocenters. The normalized spacial score (nSPS) is 11.1. The molecular formula is C14H14N3NaO5S. The SMILES string of the molecule is Cc1ccc(NCC(=O)N/N=C/c2ccc(S(=O)(=O)[O-])o2)cc1.[Na+]. The van der Waals surface area contributed by atoms with Crippen LogP contribution in [0.3, 0.4) is 0 Å². The van der Waals surface area contributed by atoms with Crippen LogP contribution in [0.1, 0.15) is 11.3 Å². The molecule has 2 rings (SSSR count). The van der Waals surface area contributed by atoms with E-state index in [1.807, 2.05) is 31.2 Å². The molecule has 1 aromatic heterocycles. The Bertz CT molecular complexity index is 815. The van der Waals surface area contributed by atoms with E-state index in [0.717, 1.165) is 23.5 Å². The molecular weight excluding hydrogens is 345 g/mol. The fourth-order valence-electron chi connectivity index (χ4n) is 1.60. The van der Waals surface area contributed by atoms with Gasteiger partial charge in [-0.05, 0) is 31.2 Å². The number of benzene rings is 1. The summed E-state index contributed by atoms with van der Waals surface area (Å²) in [6, 6.07) is 9.79. The van der Waals surface area contributed by atoms with Gasteiger partial charge in [-0.15, -0.1) is 0 Å². The molecule has 0 fully saturated rings. The van der Waals surface area contributed by atoms with Crippen molar-refractivity contribution in [1.29, 1.82) is 0 Å². The zero-order valence-electron chi connectivity index (χ0n) is 13.1. The second kappa shape index (κ2) is 9.00. The number of rotatable bonds is 6. The van der Waals surface area contributed by atoms with E-state index < -0.39 is 21.1 Å². The van der Waals surface area contributed by atoms with Gasteiger partial charge < -0.3 is 14.3 Å². The first kappa shape index (κ1) is 20.4. The van der Waals surface area contributed by atoms with Gasteiger partial charge in [0.25, 0.3) is 5.91 Å². The summed E-state index contributed by atoms with van der Waals surface area (Å²) >= 11 is 0. The maximum Gasteiger partial charge on any atom is 1.00 e. The fraction of sp³-hybridized carbons (Fsp3) is 0.143. The van der Waals surface area contributed by atoms with Crippen molar-refractivity contribution in [2.24, 2.45) is 5.10 Å². The zero-order valence-corrected chi connectivity index (χ0v) is 16.0. The van der Waals surface area contributed by atoms with Crippen LogP contribution in [0, 0.1) is 6.92 Å². The third-order valence-electron chi connectivity index (χ3n) is 2.73. The Labute approximate surface area is 161 Å².